The van der Waals surface area contributed by atoms with Crippen LogP contribution in [0.2, 0.25) is 0 Å². The van der Waals surface area contributed by atoms with Crippen molar-refractivity contribution in [2.45, 2.75) is 32.0 Å². The third-order valence-corrected chi connectivity index (χ3v) is 9.60. The standard InChI is InChI=1S/C36H36F2N6O4S/c1-6-30(45)40-19(2)26-17-27(43-42-26)34-32(31-25(38)15-23(37)16-29(31)48-11-10-47-5)35-24(9-12-49-35)33(41-34)21-8-7-20-14-28(36(46)39-3)44(4)18-22(20)13-21/h6-9,12-13,15-17,19,28H,1,10-11,14,18H2,2-5H3,(H,39,46)(H,40,45)(H,42,43)/t19-,28+/m1/s1. The molecule has 3 aromatic heterocycles. The number of aromatic amines is 1. The molecule has 3 N–H and O–H groups in total. The Balaban J connectivity index is 1.56. The van der Waals surface area contributed by atoms with E-state index in [1.165, 1.54) is 24.5 Å². The fraction of sp³-hybridized carbons (Fsp3) is 0.278. The van der Waals surface area contributed by atoms with Gasteiger partial charge in [0, 0.05) is 54.0 Å². The molecule has 0 saturated carbocycles. The highest BCUT2D eigenvalue weighted by molar-refractivity contribution is 7.18. The first kappa shape index (κ1) is 33.9. The smallest absolute Gasteiger partial charge is 0.243 e. The van der Waals surface area contributed by atoms with Gasteiger partial charge in [-0.2, -0.15) is 5.10 Å². The first-order chi connectivity index (χ1) is 23.6. The quantitative estimate of drug-likeness (QED) is 0.119. The fourth-order valence-electron chi connectivity index (χ4n) is 6.16. The van der Waals surface area contributed by atoms with Crippen molar-refractivity contribution in [2.24, 2.45) is 0 Å². The number of halogens is 2. The molecule has 4 heterocycles. The van der Waals surface area contributed by atoms with Gasteiger partial charge < -0.3 is 20.1 Å². The number of ether oxygens (including phenoxy) is 2. The van der Waals surface area contributed by atoms with Gasteiger partial charge in [0.05, 0.1) is 35.6 Å². The molecule has 2 atom stereocenters. The molecule has 254 valence electrons. The molecule has 0 saturated heterocycles. The van der Waals surface area contributed by atoms with E-state index < -0.39 is 17.7 Å². The van der Waals surface area contributed by atoms with Crippen molar-refractivity contribution in [3.8, 4) is 39.5 Å². The Morgan fingerprint density at radius 3 is 2.71 bits per heavy atom. The van der Waals surface area contributed by atoms with Crippen molar-refractivity contribution in [1.82, 2.24) is 30.7 Å². The second kappa shape index (κ2) is 14.2. The summed E-state index contributed by atoms with van der Waals surface area (Å²) in [5, 5.41) is 15.8. The van der Waals surface area contributed by atoms with Crippen molar-refractivity contribution >= 4 is 33.2 Å². The number of methoxy groups -OCH3 is 1. The maximum atomic E-state index is 16.0. The Hall–Kier alpha value is -4.98. The molecule has 0 unspecified atom stereocenters. The first-order valence-electron chi connectivity index (χ1n) is 15.7. The molecule has 0 aliphatic carbocycles. The van der Waals surface area contributed by atoms with Gasteiger partial charge in [0.25, 0.3) is 0 Å². The van der Waals surface area contributed by atoms with Crippen molar-refractivity contribution in [2.75, 3.05) is 34.4 Å². The number of nitrogens with zero attached hydrogens (tertiary/aromatic N) is 3. The van der Waals surface area contributed by atoms with Crippen molar-refractivity contribution < 1.29 is 27.8 Å². The summed E-state index contributed by atoms with van der Waals surface area (Å²) < 4.78 is 42.4. The highest BCUT2D eigenvalue weighted by atomic mass is 32.1. The van der Waals surface area contributed by atoms with Crippen molar-refractivity contribution in [3.63, 3.8) is 0 Å². The first-order valence-corrected chi connectivity index (χ1v) is 16.6. The predicted octanol–water partition coefficient (Wildman–Crippen LogP) is 5.79. The fourth-order valence-corrected chi connectivity index (χ4v) is 7.10. The number of amides is 2. The van der Waals surface area contributed by atoms with Crippen molar-refractivity contribution in [3.05, 3.63) is 89.0 Å². The Kier molecular flexibility index (Phi) is 9.86. The minimum Gasteiger partial charge on any atom is -0.490 e. The lowest BCUT2D eigenvalue weighted by Gasteiger charge is -2.33. The molecule has 2 amide bonds. The van der Waals surface area contributed by atoms with Gasteiger partial charge in [-0.15, -0.1) is 11.3 Å². The van der Waals surface area contributed by atoms with E-state index in [1.807, 2.05) is 35.5 Å². The Morgan fingerprint density at radius 1 is 1.14 bits per heavy atom. The molecular weight excluding hydrogens is 650 g/mol. The van der Waals surface area contributed by atoms with Crippen LogP contribution in [-0.4, -0.2) is 72.4 Å². The molecular formula is C36H36F2N6O4S. The minimum absolute atomic E-state index is 0.00455. The number of nitrogens with one attached hydrogen (secondary N) is 3. The van der Waals surface area contributed by atoms with Crippen LogP contribution in [0, 0.1) is 11.6 Å². The molecule has 5 aromatic rings. The molecule has 0 spiro atoms. The monoisotopic (exact) mass is 686 g/mol. The van der Waals surface area contributed by atoms with Gasteiger partial charge in [0.15, 0.2) is 0 Å². The van der Waals surface area contributed by atoms with E-state index in [4.69, 9.17) is 14.5 Å². The van der Waals surface area contributed by atoms with E-state index in [0.717, 1.165) is 34.2 Å². The number of fused-ring (bicyclic) bond motifs is 2. The van der Waals surface area contributed by atoms with Crippen LogP contribution in [0.25, 0.3) is 43.9 Å². The van der Waals surface area contributed by atoms with Crippen LogP contribution < -0.4 is 15.4 Å². The molecule has 1 aliphatic heterocycles. The number of carbonyl (C=O) groups excluding carboxylic acids is 2. The maximum Gasteiger partial charge on any atom is 0.243 e. The Bertz CT molecular complexity index is 2060. The SMILES string of the molecule is C=CC(=O)N[C@H](C)c1cc(-c2nc(-c3ccc4c(c3)CN(C)[C@H](C(=O)NC)C4)c3ccsc3c2-c2c(F)cc(F)cc2OCCOC)n[nH]1. The number of aromatic nitrogens is 3. The second-order valence-corrected chi connectivity index (χ2v) is 12.7. The van der Waals surface area contributed by atoms with Gasteiger partial charge in [-0.3, -0.25) is 19.6 Å². The third-order valence-electron chi connectivity index (χ3n) is 8.67. The topological polar surface area (TPSA) is 121 Å². The summed E-state index contributed by atoms with van der Waals surface area (Å²) in [5.74, 6) is -1.98. The van der Waals surface area contributed by atoms with Gasteiger partial charge in [0.2, 0.25) is 11.8 Å². The summed E-state index contributed by atoms with van der Waals surface area (Å²) in [6.45, 7) is 6.16. The largest absolute Gasteiger partial charge is 0.490 e. The van der Waals surface area contributed by atoms with E-state index >= 15 is 4.39 Å². The van der Waals surface area contributed by atoms with Gasteiger partial charge >= 0.3 is 0 Å². The molecule has 1 aliphatic rings. The summed E-state index contributed by atoms with van der Waals surface area (Å²) in [7, 11) is 5.08. The number of carbonyl (C=O) groups is 2. The number of likely N-dealkylation sites (N-methyl/N-ethyl adjacent to an activating group) is 2. The number of hydrogen-bond donors (Lipinski definition) is 3. The molecule has 13 heteroatoms. The molecule has 49 heavy (non-hydrogen) atoms. The molecule has 6 rings (SSSR count). The van der Waals surface area contributed by atoms with Crippen LogP contribution in [0.4, 0.5) is 8.78 Å². The Morgan fingerprint density at radius 2 is 1.96 bits per heavy atom. The highest BCUT2D eigenvalue weighted by Gasteiger charge is 2.30. The number of benzene rings is 2. The molecule has 0 radical (unpaired) electrons. The summed E-state index contributed by atoms with van der Waals surface area (Å²) in [5.41, 5.74) is 5.39. The van der Waals surface area contributed by atoms with E-state index in [0.29, 0.717) is 46.0 Å². The minimum atomic E-state index is -0.817. The van der Waals surface area contributed by atoms with Crippen LogP contribution in [-0.2, 0) is 27.3 Å². The lowest BCUT2D eigenvalue weighted by atomic mass is 9.90. The zero-order chi connectivity index (χ0) is 34.8. The Labute approximate surface area is 286 Å². The number of rotatable bonds is 11. The van der Waals surface area contributed by atoms with Gasteiger partial charge in [-0.25, -0.2) is 13.8 Å². The number of H-pyrrole nitrogens is 1. The summed E-state index contributed by atoms with van der Waals surface area (Å²) in [6.07, 6.45) is 1.76. The van der Waals surface area contributed by atoms with E-state index in [-0.39, 0.29) is 42.4 Å². The van der Waals surface area contributed by atoms with Gasteiger partial charge in [-0.05, 0) is 61.2 Å². The normalized spacial score (nSPS) is 15.1. The van der Waals surface area contributed by atoms with Crippen LogP contribution >= 0.6 is 11.3 Å². The zero-order valence-electron chi connectivity index (χ0n) is 27.5. The predicted molar refractivity (Wildman–Crippen MR) is 185 cm³/mol. The lowest BCUT2D eigenvalue weighted by molar-refractivity contribution is -0.126. The zero-order valence-corrected chi connectivity index (χ0v) is 28.3. The number of pyridine rings is 1. The summed E-state index contributed by atoms with van der Waals surface area (Å²) in [4.78, 5) is 31.7. The highest BCUT2D eigenvalue weighted by Crippen LogP contribution is 2.47. The molecule has 2 aromatic carbocycles. The number of hydrogen-bond acceptors (Lipinski definition) is 8. The number of thiophene rings is 1. The van der Waals surface area contributed by atoms with Crippen LogP contribution in [0.1, 0.15) is 29.8 Å². The van der Waals surface area contributed by atoms with Crippen LogP contribution in [0.3, 0.4) is 0 Å². The van der Waals surface area contributed by atoms with E-state index in [9.17, 15) is 14.0 Å². The lowest BCUT2D eigenvalue weighted by Crippen LogP contribution is -2.47. The van der Waals surface area contributed by atoms with E-state index in [1.54, 1.807) is 20.0 Å². The van der Waals surface area contributed by atoms with Gasteiger partial charge in [0.1, 0.15) is 35.4 Å². The second-order valence-electron chi connectivity index (χ2n) is 11.8. The average molecular weight is 687 g/mol. The van der Waals surface area contributed by atoms with Gasteiger partial charge in [-0.1, -0.05) is 18.7 Å². The summed E-state index contributed by atoms with van der Waals surface area (Å²) >= 11 is 1.40. The average Bonchev–Trinajstić information content (AvgIpc) is 3.78. The van der Waals surface area contributed by atoms with E-state index in [2.05, 4.69) is 33.5 Å². The third kappa shape index (κ3) is 6.69. The van der Waals surface area contributed by atoms with Crippen LogP contribution in [0.15, 0.2) is 60.5 Å². The molecule has 0 bridgehead atoms. The summed E-state index contributed by atoms with van der Waals surface area (Å²) in [6, 6.07) is 11.0. The van der Waals surface area contributed by atoms with Crippen molar-refractivity contribution in [1.29, 1.82) is 0 Å². The maximum absolute atomic E-state index is 16.0. The van der Waals surface area contributed by atoms with Crippen LogP contribution in [0.5, 0.6) is 5.75 Å². The molecule has 10 nitrogen and oxygen atoms in total. The molecule has 0 fully saturated rings.